The predicted octanol–water partition coefficient (Wildman–Crippen LogP) is 2.75. The average Bonchev–Trinajstić information content (AvgIpc) is 3.20. The van der Waals surface area contributed by atoms with E-state index in [1.165, 1.54) is 17.7 Å². The summed E-state index contributed by atoms with van der Waals surface area (Å²) in [5, 5.41) is 13.8. The average molecular weight is 479 g/mol. The Bertz CT molecular complexity index is 578. The Balaban J connectivity index is 0.00000225. The van der Waals surface area contributed by atoms with E-state index >= 15 is 0 Å². The fourth-order valence-electron chi connectivity index (χ4n) is 3.46. The third-order valence-electron chi connectivity index (χ3n) is 4.89. The highest BCUT2D eigenvalue weighted by Gasteiger charge is 2.33. The van der Waals surface area contributed by atoms with Gasteiger partial charge >= 0.3 is 0 Å². The van der Waals surface area contributed by atoms with Crippen molar-refractivity contribution >= 4 is 41.7 Å². The van der Waals surface area contributed by atoms with Crippen molar-refractivity contribution in [2.75, 3.05) is 38.2 Å². The first kappa shape index (κ1) is 20.8. The first-order valence-electron chi connectivity index (χ1n) is 8.58. The molecule has 0 radical (unpaired) electrons. The van der Waals surface area contributed by atoms with Gasteiger partial charge in [0.25, 0.3) is 0 Å². The number of aliphatic hydroxyl groups is 1. The molecule has 0 aromatic heterocycles. The van der Waals surface area contributed by atoms with Crippen LogP contribution in [-0.2, 0) is 6.42 Å². The number of rotatable bonds is 4. The number of benzene rings is 1. The fraction of sp³-hybridized carbons (Fsp3) is 0.611. The van der Waals surface area contributed by atoms with E-state index in [0.29, 0.717) is 12.5 Å². The summed E-state index contributed by atoms with van der Waals surface area (Å²) in [6, 6.07) is 6.81. The molecule has 2 heterocycles. The first-order valence-corrected chi connectivity index (χ1v) is 9.74. The molecule has 1 aromatic carbocycles. The third kappa shape index (κ3) is 5.72. The zero-order valence-corrected chi connectivity index (χ0v) is 17.7. The van der Waals surface area contributed by atoms with Gasteiger partial charge in [-0.15, -0.1) is 24.0 Å². The number of aliphatic imine (C=N–C) groups is 1. The van der Waals surface area contributed by atoms with E-state index in [0.717, 1.165) is 49.8 Å². The highest BCUT2D eigenvalue weighted by atomic mass is 127. The number of nitrogens with one attached hydrogen (secondary N) is 1. The van der Waals surface area contributed by atoms with Crippen molar-refractivity contribution in [1.82, 2.24) is 10.2 Å². The second-order valence-electron chi connectivity index (χ2n) is 6.86. The number of hydrogen-bond acceptors (Lipinski definition) is 3. The zero-order chi connectivity index (χ0) is 17.0. The molecule has 3 rings (SSSR count). The van der Waals surface area contributed by atoms with E-state index in [1.807, 2.05) is 12.1 Å². The topological polar surface area (TPSA) is 47.9 Å². The molecule has 4 nitrogen and oxygen atoms in total. The Labute approximate surface area is 170 Å². The van der Waals surface area contributed by atoms with E-state index < -0.39 is 5.60 Å². The van der Waals surface area contributed by atoms with Crippen LogP contribution in [0, 0.1) is 11.7 Å². The van der Waals surface area contributed by atoms with Gasteiger partial charge in [-0.25, -0.2) is 4.39 Å². The number of guanidine groups is 1. The molecule has 25 heavy (non-hydrogen) atoms. The molecule has 0 aliphatic carbocycles. The second-order valence-corrected chi connectivity index (χ2v) is 7.96. The van der Waals surface area contributed by atoms with Crippen molar-refractivity contribution in [3.63, 3.8) is 0 Å². The Kier molecular flexibility index (Phi) is 7.82. The number of thioether (sulfide) groups is 1. The number of halogens is 2. The van der Waals surface area contributed by atoms with Crippen LogP contribution < -0.4 is 5.32 Å². The zero-order valence-electron chi connectivity index (χ0n) is 14.6. The van der Waals surface area contributed by atoms with Gasteiger partial charge in [-0.3, -0.25) is 4.99 Å². The molecule has 2 aliphatic rings. The van der Waals surface area contributed by atoms with Crippen LogP contribution in [0.15, 0.2) is 29.3 Å². The maximum Gasteiger partial charge on any atom is 0.193 e. The molecule has 2 fully saturated rings. The summed E-state index contributed by atoms with van der Waals surface area (Å²) in [6.45, 7) is 2.48. The van der Waals surface area contributed by atoms with Gasteiger partial charge in [0.15, 0.2) is 5.96 Å². The summed E-state index contributed by atoms with van der Waals surface area (Å²) in [4.78, 5) is 6.64. The SMILES string of the molecule is CN=C(NCC1(O)CCSC1)N1CCC(Cc2ccc(F)cc2)C1.I. The van der Waals surface area contributed by atoms with E-state index in [2.05, 4.69) is 15.2 Å². The standard InChI is InChI=1S/C18H26FN3OS.HI/c1-20-17(21-12-18(23)7-9-24-13-18)22-8-6-15(11-22)10-14-2-4-16(19)5-3-14;/h2-5,15,23H,6-13H2,1H3,(H,20,21);1H. The molecule has 140 valence electrons. The van der Waals surface area contributed by atoms with Gasteiger partial charge in [0.2, 0.25) is 0 Å². The van der Waals surface area contributed by atoms with Crippen LogP contribution in [0.1, 0.15) is 18.4 Å². The number of hydrogen-bond donors (Lipinski definition) is 2. The number of nitrogens with zero attached hydrogens (tertiary/aromatic N) is 2. The molecule has 2 unspecified atom stereocenters. The van der Waals surface area contributed by atoms with Gasteiger partial charge in [0.1, 0.15) is 5.82 Å². The lowest BCUT2D eigenvalue weighted by Gasteiger charge is -2.27. The van der Waals surface area contributed by atoms with Crippen molar-refractivity contribution in [1.29, 1.82) is 0 Å². The van der Waals surface area contributed by atoms with Crippen molar-refractivity contribution in [3.05, 3.63) is 35.6 Å². The molecule has 7 heteroatoms. The maximum atomic E-state index is 13.0. The largest absolute Gasteiger partial charge is 0.387 e. The van der Waals surface area contributed by atoms with Crippen LogP contribution in [0.5, 0.6) is 0 Å². The van der Waals surface area contributed by atoms with Crippen molar-refractivity contribution < 1.29 is 9.50 Å². The summed E-state index contributed by atoms with van der Waals surface area (Å²) in [5.41, 5.74) is 0.580. The predicted molar refractivity (Wildman–Crippen MR) is 113 cm³/mol. The van der Waals surface area contributed by atoms with Crippen molar-refractivity contribution in [2.24, 2.45) is 10.9 Å². The molecule has 2 atom stereocenters. The van der Waals surface area contributed by atoms with Crippen LogP contribution in [-0.4, -0.2) is 59.8 Å². The van der Waals surface area contributed by atoms with E-state index in [4.69, 9.17) is 0 Å². The minimum absolute atomic E-state index is 0. The first-order chi connectivity index (χ1) is 11.6. The lowest BCUT2D eigenvalue weighted by Crippen LogP contribution is -2.48. The van der Waals surface area contributed by atoms with Crippen LogP contribution in [0.4, 0.5) is 4.39 Å². The third-order valence-corrected chi connectivity index (χ3v) is 6.13. The van der Waals surface area contributed by atoms with E-state index in [9.17, 15) is 9.50 Å². The minimum Gasteiger partial charge on any atom is -0.387 e. The van der Waals surface area contributed by atoms with Gasteiger partial charge in [-0.05, 0) is 48.6 Å². The van der Waals surface area contributed by atoms with Gasteiger partial charge in [0.05, 0.1) is 5.60 Å². The number of likely N-dealkylation sites (tertiary alicyclic amines) is 1. The highest BCUT2D eigenvalue weighted by molar-refractivity contribution is 14.0. The van der Waals surface area contributed by atoms with Crippen molar-refractivity contribution in [3.8, 4) is 0 Å². The monoisotopic (exact) mass is 479 g/mol. The minimum atomic E-state index is -0.603. The molecule has 1 aromatic rings. The van der Waals surface area contributed by atoms with Crippen molar-refractivity contribution in [2.45, 2.75) is 24.9 Å². The Morgan fingerprint density at radius 3 is 2.84 bits per heavy atom. The normalized spacial score (nSPS) is 26.6. The maximum absolute atomic E-state index is 13.0. The summed E-state index contributed by atoms with van der Waals surface area (Å²) in [6.07, 6.45) is 2.92. The highest BCUT2D eigenvalue weighted by Crippen LogP contribution is 2.27. The van der Waals surface area contributed by atoms with Crippen LogP contribution in [0.2, 0.25) is 0 Å². The summed E-state index contributed by atoms with van der Waals surface area (Å²) in [5.74, 6) is 3.07. The van der Waals surface area contributed by atoms with E-state index in [1.54, 1.807) is 18.8 Å². The lowest BCUT2D eigenvalue weighted by atomic mass is 9.99. The van der Waals surface area contributed by atoms with Gasteiger partial charge < -0.3 is 15.3 Å². The Morgan fingerprint density at radius 1 is 1.44 bits per heavy atom. The summed E-state index contributed by atoms with van der Waals surface area (Å²) >= 11 is 1.80. The Morgan fingerprint density at radius 2 is 2.20 bits per heavy atom. The quantitative estimate of drug-likeness (QED) is 0.396. The molecular formula is C18H27FIN3OS. The lowest BCUT2D eigenvalue weighted by molar-refractivity contribution is 0.0718. The molecule has 2 N–H and O–H groups in total. The fourth-order valence-corrected chi connectivity index (χ4v) is 4.75. The molecular weight excluding hydrogens is 452 g/mol. The molecule has 0 saturated carbocycles. The van der Waals surface area contributed by atoms with Gasteiger partial charge in [-0.2, -0.15) is 11.8 Å². The molecule has 2 aliphatic heterocycles. The smallest absolute Gasteiger partial charge is 0.193 e. The Hall–Kier alpha value is -0.540. The van der Waals surface area contributed by atoms with Crippen LogP contribution in [0.3, 0.4) is 0 Å². The molecule has 2 saturated heterocycles. The van der Waals surface area contributed by atoms with Crippen LogP contribution in [0.25, 0.3) is 0 Å². The molecule has 0 bridgehead atoms. The molecule has 0 spiro atoms. The van der Waals surface area contributed by atoms with E-state index in [-0.39, 0.29) is 29.8 Å². The van der Waals surface area contributed by atoms with Gasteiger partial charge in [0, 0.05) is 32.4 Å². The van der Waals surface area contributed by atoms with Crippen LogP contribution >= 0.6 is 35.7 Å². The molecule has 0 amide bonds. The summed E-state index contributed by atoms with van der Waals surface area (Å²) < 4.78 is 13.0. The van der Waals surface area contributed by atoms with Gasteiger partial charge in [-0.1, -0.05) is 12.1 Å². The second kappa shape index (κ2) is 9.41. The summed E-state index contributed by atoms with van der Waals surface area (Å²) in [7, 11) is 1.79.